The molecule has 0 radical (unpaired) electrons. The summed E-state index contributed by atoms with van der Waals surface area (Å²) < 4.78 is 5.92. The third-order valence-electron chi connectivity index (χ3n) is 3.14. The van der Waals surface area contributed by atoms with Gasteiger partial charge in [0.05, 0.1) is 0 Å². The van der Waals surface area contributed by atoms with E-state index in [1.54, 1.807) is 0 Å². The van der Waals surface area contributed by atoms with Gasteiger partial charge in [-0.15, -0.1) is 0 Å². The molecule has 2 nitrogen and oxygen atoms in total. The number of aryl methyl sites for hydroxylation is 2. The average molecular weight is 237 g/mol. The molecule has 0 amide bonds. The molecule has 0 aliphatic heterocycles. The van der Waals surface area contributed by atoms with Crippen LogP contribution in [-0.2, 0) is 6.42 Å². The van der Waals surface area contributed by atoms with E-state index in [0.717, 1.165) is 23.1 Å². The number of para-hydroxylation sites is 1. The molecule has 0 aliphatic carbocycles. The molecule has 90 valence electrons. The zero-order valence-electron chi connectivity index (χ0n) is 10.6. The van der Waals surface area contributed by atoms with E-state index in [1.807, 2.05) is 24.3 Å². The molecular weight excluding hydrogens is 222 g/mol. The molecule has 3 aromatic rings. The molecule has 1 heterocycles. The van der Waals surface area contributed by atoms with Gasteiger partial charge in [0.15, 0.2) is 5.58 Å². The maximum Gasteiger partial charge on any atom is 0.227 e. The lowest BCUT2D eigenvalue weighted by atomic mass is 10.1. The van der Waals surface area contributed by atoms with E-state index in [9.17, 15) is 0 Å². The van der Waals surface area contributed by atoms with E-state index < -0.39 is 0 Å². The van der Waals surface area contributed by atoms with Crippen LogP contribution in [0.5, 0.6) is 0 Å². The SMILES string of the molecule is CCc1cccc2nc(-c3cccc(C)c3)oc12. The lowest BCUT2D eigenvalue weighted by molar-refractivity contribution is 0.615. The minimum Gasteiger partial charge on any atom is -0.436 e. The second kappa shape index (κ2) is 4.30. The molecule has 2 heteroatoms. The van der Waals surface area contributed by atoms with Gasteiger partial charge >= 0.3 is 0 Å². The minimum absolute atomic E-state index is 0.703. The molecule has 1 aromatic heterocycles. The molecule has 0 spiro atoms. The summed E-state index contributed by atoms with van der Waals surface area (Å²) in [5.74, 6) is 0.703. The van der Waals surface area contributed by atoms with Crippen LogP contribution in [0.1, 0.15) is 18.1 Å². The van der Waals surface area contributed by atoms with E-state index in [1.165, 1.54) is 11.1 Å². The van der Waals surface area contributed by atoms with Crippen molar-refractivity contribution in [3.05, 3.63) is 53.6 Å². The fraction of sp³-hybridized carbons (Fsp3) is 0.188. The van der Waals surface area contributed by atoms with Crippen LogP contribution < -0.4 is 0 Å². The first kappa shape index (κ1) is 11.0. The molecule has 0 unspecified atom stereocenters. The van der Waals surface area contributed by atoms with Crippen LogP contribution in [0.3, 0.4) is 0 Å². The molecule has 0 aliphatic rings. The van der Waals surface area contributed by atoms with Crippen molar-refractivity contribution in [2.24, 2.45) is 0 Å². The van der Waals surface area contributed by atoms with Crippen molar-refractivity contribution in [2.45, 2.75) is 20.3 Å². The van der Waals surface area contributed by atoms with Gasteiger partial charge in [-0.3, -0.25) is 0 Å². The van der Waals surface area contributed by atoms with Crippen LogP contribution in [0.2, 0.25) is 0 Å². The minimum atomic E-state index is 0.703. The number of rotatable bonds is 2. The maximum atomic E-state index is 5.92. The summed E-state index contributed by atoms with van der Waals surface area (Å²) in [5.41, 5.74) is 5.31. The molecular formula is C16H15NO. The number of nitrogens with zero attached hydrogens (tertiary/aromatic N) is 1. The second-order valence-electron chi connectivity index (χ2n) is 4.51. The second-order valence-corrected chi connectivity index (χ2v) is 4.51. The maximum absolute atomic E-state index is 5.92. The first-order chi connectivity index (χ1) is 8.78. The van der Waals surface area contributed by atoms with Gasteiger partial charge in [-0.1, -0.05) is 36.8 Å². The van der Waals surface area contributed by atoms with Gasteiger partial charge in [0.25, 0.3) is 0 Å². The van der Waals surface area contributed by atoms with Crippen LogP contribution >= 0.6 is 0 Å². The molecule has 0 N–H and O–H groups in total. The highest BCUT2D eigenvalue weighted by atomic mass is 16.3. The number of hydrogen-bond acceptors (Lipinski definition) is 2. The summed E-state index contributed by atoms with van der Waals surface area (Å²) in [7, 11) is 0. The Morgan fingerprint density at radius 3 is 2.72 bits per heavy atom. The van der Waals surface area contributed by atoms with Crippen LogP contribution in [0.15, 0.2) is 46.9 Å². The van der Waals surface area contributed by atoms with Gasteiger partial charge in [0.1, 0.15) is 5.52 Å². The Kier molecular flexibility index (Phi) is 2.63. The molecule has 2 aromatic carbocycles. The van der Waals surface area contributed by atoms with E-state index >= 15 is 0 Å². The molecule has 0 bridgehead atoms. The third kappa shape index (κ3) is 1.80. The Morgan fingerprint density at radius 1 is 1.11 bits per heavy atom. The molecule has 0 saturated carbocycles. The largest absolute Gasteiger partial charge is 0.436 e. The van der Waals surface area contributed by atoms with E-state index in [2.05, 4.69) is 37.0 Å². The molecule has 0 saturated heterocycles. The fourth-order valence-electron chi connectivity index (χ4n) is 2.19. The Morgan fingerprint density at radius 2 is 1.94 bits per heavy atom. The van der Waals surface area contributed by atoms with Crippen molar-refractivity contribution >= 4 is 11.1 Å². The monoisotopic (exact) mass is 237 g/mol. The van der Waals surface area contributed by atoms with Crippen molar-refractivity contribution in [3.63, 3.8) is 0 Å². The zero-order chi connectivity index (χ0) is 12.5. The quantitative estimate of drug-likeness (QED) is 0.661. The van der Waals surface area contributed by atoms with E-state index in [4.69, 9.17) is 4.42 Å². The van der Waals surface area contributed by atoms with Crippen molar-refractivity contribution in [1.82, 2.24) is 4.98 Å². The number of hydrogen-bond donors (Lipinski definition) is 0. The summed E-state index contributed by atoms with van der Waals surface area (Å²) in [4.78, 5) is 4.57. The van der Waals surface area contributed by atoms with Crippen LogP contribution in [-0.4, -0.2) is 4.98 Å². The highest BCUT2D eigenvalue weighted by Gasteiger charge is 2.10. The summed E-state index contributed by atoms with van der Waals surface area (Å²) in [6.07, 6.45) is 0.958. The molecule has 0 fully saturated rings. The number of oxazole rings is 1. The van der Waals surface area contributed by atoms with E-state index in [0.29, 0.717) is 5.89 Å². The highest BCUT2D eigenvalue weighted by Crippen LogP contribution is 2.27. The fourth-order valence-corrected chi connectivity index (χ4v) is 2.19. The summed E-state index contributed by atoms with van der Waals surface area (Å²) in [6, 6.07) is 14.3. The van der Waals surface area contributed by atoms with Gasteiger partial charge in [-0.25, -0.2) is 4.98 Å². The Bertz CT molecular complexity index is 697. The predicted molar refractivity (Wildman–Crippen MR) is 73.6 cm³/mol. The van der Waals surface area contributed by atoms with E-state index in [-0.39, 0.29) is 0 Å². The van der Waals surface area contributed by atoms with Gasteiger partial charge in [-0.05, 0) is 37.1 Å². The normalized spacial score (nSPS) is 11.0. The van der Waals surface area contributed by atoms with Crippen molar-refractivity contribution in [3.8, 4) is 11.5 Å². The Balaban J connectivity index is 2.19. The number of aromatic nitrogens is 1. The van der Waals surface area contributed by atoms with Crippen LogP contribution in [0.4, 0.5) is 0 Å². The smallest absolute Gasteiger partial charge is 0.227 e. The van der Waals surface area contributed by atoms with Gasteiger partial charge in [0, 0.05) is 5.56 Å². The lowest BCUT2D eigenvalue weighted by Gasteiger charge is -1.97. The number of benzene rings is 2. The highest BCUT2D eigenvalue weighted by molar-refractivity contribution is 5.79. The Hall–Kier alpha value is -2.09. The summed E-state index contributed by atoms with van der Waals surface area (Å²) >= 11 is 0. The van der Waals surface area contributed by atoms with Gasteiger partial charge in [-0.2, -0.15) is 0 Å². The van der Waals surface area contributed by atoms with Crippen molar-refractivity contribution in [1.29, 1.82) is 0 Å². The summed E-state index contributed by atoms with van der Waals surface area (Å²) in [5, 5.41) is 0. The first-order valence-electron chi connectivity index (χ1n) is 6.23. The average Bonchev–Trinajstić information content (AvgIpc) is 2.82. The predicted octanol–water partition coefficient (Wildman–Crippen LogP) is 4.37. The molecule has 3 rings (SSSR count). The molecule has 0 atom stereocenters. The van der Waals surface area contributed by atoms with Crippen molar-refractivity contribution < 1.29 is 4.42 Å². The standard InChI is InChI=1S/C16H15NO/c1-3-12-7-5-9-14-15(12)18-16(17-14)13-8-4-6-11(2)10-13/h4-10H,3H2,1-2H3. The number of fused-ring (bicyclic) bond motifs is 1. The molecule has 18 heavy (non-hydrogen) atoms. The first-order valence-corrected chi connectivity index (χ1v) is 6.23. The lowest BCUT2D eigenvalue weighted by Crippen LogP contribution is -1.79. The van der Waals surface area contributed by atoms with Crippen LogP contribution in [0, 0.1) is 6.92 Å². The van der Waals surface area contributed by atoms with Gasteiger partial charge < -0.3 is 4.42 Å². The van der Waals surface area contributed by atoms with Crippen LogP contribution in [0.25, 0.3) is 22.6 Å². The van der Waals surface area contributed by atoms with Gasteiger partial charge in [0.2, 0.25) is 5.89 Å². The van der Waals surface area contributed by atoms with Crippen molar-refractivity contribution in [2.75, 3.05) is 0 Å². The topological polar surface area (TPSA) is 26.0 Å². The Labute approximate surface area is 106 Å². The third-order valence-corrected chi connectivity index (χ3v) is 3.14. The zero-order valence-corrected chi connectivity index (χ0v) is 10.6. The summed E-state index contributed by atoms with van der Waals surface area (Å²) in [6.45, 7) is 4.20.